The van der Waals surface area contributed by atoms with E-state index in [1.807, 2.05) is 0 Å². The van der Waals surface area contributed by atoms with Crippen LogP contribution in [0.4, 0.5) is 4.79 Å². The minimum Gasteiger partial charge on any atom is -0.453 e. The van der Waals surface area contributed by atoms with Crippen molar-refractivity contribution in [3.05, 3.63) is 0 Å². The molecule has 0 radical (unpaired) electrons. The van der Waals surface area contributed by atoms with Gasteiger partial charge in [-0.25, -0.2) is 4.79 Å². The minimum absolute atomic E-state index is 0.487. The Kier molecular flexibility index (Phi) is 4.77. The first kappa shape index (κ1) is 13.5. The highest BCUT2D eigenvalue weighted by Crippen LogP contribution is 2.55. The lowest BCUT2D eigenvalue weighted by atomic mass is 10.1. The summed E-state index contributed by atoms with van der Waals surface area (Å²) in [6, 6.07) is 0. The number of nitrogens with zero attached hydrogens (tertiary/aromatic N) is 1. The number of carbonyl (C=O) groups excluding carboxylic acids is 1. The molecule has 94 valence electrons. The van der Waals surface area contributed by atoms with E-state index in [2.05, 4.69) is 4.74 Å². The molecule has 1 rings (SSSR count). The van der Waals surface area contributed by atoms with Gasteiger partial charge in [0.15, 0.2) is 0 Å². The van der Waals surface area contributed by atoms with E-state index in [-0.39, 0.29) is 0 Å². The van der Waals surface area contributed by atoms with Crippen LogP contribution in [0.3, 0.4) is 0 Å². The van der Waals surface area contributed by atoms with Crippen LogP contribution >= 0.6 is 7.60 Å². The van der Waals surface area contributed by atoms with Gasteiger partial charge in [0.2, 0.25) is 0 Å². The highest BCUT2D eigenvalue weighted by molar-refractivity contribution is 7.54. The average Bonchev–Trinajstić information content (AvgIpc) is 2.37. The summed E-state index contributed by atoms with van der Waals surface area (Å²) in [6.07, 6.45) is 1.89. The zero-order chi connectivity index (χ0) is 12.2. The van der Waals surface area contributed by atoms with Crippen molar-refractivity contribution in [1.82, 2.24) is 4.90 Å². The lowest BCUT2D eigenvalue weighted by molar-refractivity contribution is 0.0970. The van der Waals surface area contributed by atoms with Gasteiger partial charge >= 0.3 is 13.7 Å². The van der Waals surface area contributed by atoms with Crippen LogP contribution in [0.1, 0.15) is 19.3 Å². The summed E-state index contributed by atoms with van der Waals surface area (Å²) in [5.74, 6) is -0.538. The Hall–Kier alpha value is -0.580. The van der Waals surface area contributed by atoms with Gasteiger partial charge in [0.1, 0.15) is 5.78 Å². The number of rotatable bonds is 3. The lowest BCUT2D eigenvalue weighted by Gasteiger charge is -2.36. The van der Waals surface area contributed by atoms with Crippen molar-refractivity contribution in [3.63, 3.8) is 0 Å². The second kappa shape index (κ2) is 5.66. The largest absolute Gasteiger partial charge is 0.453 e. The van der Waals surface area contributed by atoms with Crippen LogP contribution in [0.15, 0.2) is 0 Å². The molecule has 7 heteroatoms. The number of piperidine rings is 1. The second-order valence-electron chi connectivity index (χ2n) is 3.54. The predicted molar refractivity (Wildman–Crippen MR) is 58.4 cm³/mol. The Balaban J connectivity index is 2.89. The van der Waals surface area contributed by atoms with E-state index in [4.69, 9.17) is 9.05 Å². The number of ether oxygens (including phenoxy) is 1. The highest BCUT2D eigenvalue weighted by atomic mass is 31.2. The molecule has 1 unspecified atom stereocenters. The SMILES string of the molecule is COC(=O)N1CCCCC1P(=O)(OC)OC. The molecule has 0 aliphatic carbocycles. The van der Waals surface area contributed by atoms with Crippen molar-refractivity contribution in [2.45, 2.75) is 25.0 Å². The van der Waals surface area contributed by atoms with Gasteiger partial charge in [-0.15, -0.1) is 0 Å². The van der Waals surface area contributed by atoms with Crippen molar-refractivity contribution in [2.75, 3.05) is 27.9 Å². The Morgan fingerprint density at radius 2 is 1.88 bits per heavy atom. The predicted octanol–water partition coefficient (Wildman–Crippen LogP) is 2.05. The third-order valence-corrected chi connectivity index (χ3v) is 5.04. The molecule has 0 aromatic rings. The highest BCUT2D eigenvalue weighted by Gasteiger charge is 2.42. The number of hydrogen-bond acceptors (Lipinski definition) is 5. The summed E-state index contributed by atoms with van der Waals surface area (Å²) in [6.45, 7) is 0.522. The van der Waals surface area contributed by atoms with Crippen molar-refractivity contribution >= 4 is 13.7 Å². The Bertz CT molecular complexity index is 288. The second-order valence-corrected chi connectivity index (χ2v) is 5.95. The third kappa shape index (κ3) is 2.56. The number of hydrogen-bond donors (Lipinski definition) is 0. The lowest BCUT2D eigenvalue weighted by Crippen LogP contribution is -2.43. The number of likely N-dealkylation sites (tertiary alicyclic amines) is 1. The van der Waals surface area contributed by atoms with E-state index in [9.17, 15) is 9.36 Å². The maximum Gasteiger partial charge on any atom is 0.410 e. The van der Waals surface area contributed by atoms with Crippen LogP contribution in [0.2, 0.25) is 0 Å². The fourth-order valence-corrected chi connectivity index (χ4v) is 3.58. The summed E-state index contributed by atoms with van der Waals surface area (Å²) < 4.78 is 26.8. The first-order chi connectivity index (χ1) is 7.59. The van der Waals surface area contributed by atoms with Gasteiger partial charge in [0, 0.05) is 20.8 Å². The fourth-order valence-electron chi connectivity index (χ4n) is 1.89. The Morgan fingerprint density at radius 3 is 2.38 bits per heavy atom. The number of methoxy groups -OCH3 is 1. The Morgan fingerprint density at radius 1 is 1.25 bits per heavy atom. The summed E-state index contributed by atoms with van der Waals surface area (Å²) in [5, 5.41) is 0. The summed E-state index contributed by atoms with van der Waals surface area (Å²) in [7, 11) is 0.705. The molecule has 1 heterocycles. The van der Waals surface area contributed by atoms with Crippen molar-refractivity contribution in [1.29, 1.82) is 0 Å². The number of carbonyl (C=O) groups is 1. The van der Waals surface area contributed by atoms with E-state index in [1.54, 1.807) is 0 Å². The molecule has 16 heavy (non-hydrogen) atoms. The van der Waals surface area contributed by atoms with Gasteiger partial charge < -0.3 is 13.8 Å². The van der Waals surface area contributed by atoms with Gasteiger partial charge in [-0.1, -0.05) is 0 Å². The molecule has 1 amide bonds. The molecule has 0 saturated carbocycles. The van der Waals surface area contributed by atoms with Gasteiger partial charge in [-0.3, -0.25) is 9.46 Å². The van der Waals surface area contributed by atoms with E-state index in [0.717, 1.165) is 12.8 Å². The third-order valence-electron chi connectivity index (χ3n) is 2.75. The molecule has 1 aliphatic heterocycles. The normalized spacial score (nSPS) is 21.9. The van der Waals surface area contributed by atoms with E-state index >= 15 is 0 Å². The molecule has 1 aliphatic rings. The van der Waals surface area contributed by atoms with Crippen molar-refractivity contribution in [3.8, 4) is 0 Å². The molecule has 0 N–H and O–H groups in total. The van der Waals surface area contributed by atoms with Crippen molar-refractivity contribution in [2.24, 2.45) is 0 Å². The van der Waals surface area contributed by atoms with E-state index in [1.165, 1.54) is 26.2 Å². The van der Waals surface area contributed by atoms with Crippen LogP contribution in [0, 0.1) is 0 Å². The zero-order valence-corrected chi connectivity index (χ0v) is 10.7. The smallest absolute Gasteiger partial charge is 0.410 e. The summed E-state index contributed by atoms with van der Waals surface area (Å²) in [5.41, 5.74) is 0. The molecule has 1 atom stereocenters. The van der Waals surface area contributed by atoms with E-state index < -0.39 is 19.5 Å². The first-order valence-corrected chi connectivity index (χ1v) is 6.76. The van der Waals surface area contributed by atoms with Crippen LogP contribution in [0.5, 0.6) is 0 Å². The molecule has 0 spiro atoms. The quantitative estimate of drug-likeness (QED) is 0.718. The molecule has 0 bridgehead atoms. The zero-order valence-electron chi connectivity index (χ0n) is 9.84. The monoisotopic (exact) mass is 251 g/mol. The average molecular weight is 251 g/mol. The van der Waals surface area contributed by atoms with Crippen LogP contribution in [-0.4, -0.2) is 44.7 Å². The van der Waals surface area contributed by atoms with Crippen LogP contribution in [-0.2, 0) is 18.3 Å². The van der Waals surface area contributed by atoms with Gasteiger partial charge in [-0.2, -0.15) is 0 Å². The fraction of sp³-hybridized carbons (Fsp3) is 0.889. The molecule has 1 saturated heterocycles. The molecule has 1 fully saturated rings. The van der Waals surface area contributed by atoms with Crippen LogP contribution < -0.4 is 0 Å². The molecule has 6 nitrogen and oxygen atoms in total. The Labute approximate surface area is 95.4 Å². The summed E-state index contributed by atoms with van der Waals surface area (Å²) in [4.78, 5) is 13.0. The minimum atomic E-state index is -3.25. The molecule has 0 aromatic heterocycles. The van der Waals surface area contributed by atoms with Crippen molar-refractivity contribution < 1.29 is 23.1 Å². The van der Waals surface area contributed by atoms with Gasteiger partial charge in [0.25, 0.3) is 0 Å². The summed E-state index contributed by atoms with van der Waals surface area (Å²) >= 11 is 0. The number of amides is 1. The van der Waals surface area contributed by atoms with Crippen LogP contribution in [0.25, 0.3) is 0 Å². The molecular weight excluding hydrogens is 233 g/mol. The first-order valence-electron chi connectivity index (χ1n) is 5.15. The van der Waals surface area contributed by atoms with E-state index in [0.29, 0.717) is 13.0 Å². The standard InChI is InChI=1S/C9H18NO5P/c1-13-9(11)10-7-5-4-6-8(10)16(12,14-2)15-3/h8H,4-7H2,1-3H3. The topological polar surface area (TPSA) is 65.1 Å². The maximum atomic E-state index is 12.2. The van der Waals surface area contributed by atoms with Gasteiger partial charge in [-0.05, 0) is 19.3 Å². The molecule has 0 aromatic carbocycles. The molecular formula is C9H18NO5P. The maximum absolute atomic E-state index is 12.2. The van der Waals surface area contributed by atoms with Gasteiger partial charge in [0.05, 0.1) is 7.11 Å².